The van der Waals surface area contributed by atoms with Crippen molar-refractivity contribution in [2.24, 2.45) is 0 Å². The number of aryl methyl sites for hydroxylation is 1. The Labute approximate surface area is 173 Å². The molecule has 5 nitrogen and oxygen atoms in total. The van der Waals surface area contributed by atoms with Crippen molar-refractivity contribution in [3.8, 4) is 11.1 Å². The first-order valence-corrected chi connectivity index (χ1v) is 10.4. The molecule has 2 aromatic carbocycles. The fourth-order valence-electron chi connectivity index (χ4n) is 3.78. The highest BCUT2D eigenvalue weighted by atomic mass is 32.1. The van der Waals surface area contributed by atoms with E-state index in [1.54, 1.807) is 11.3 Å². The highest BCUT2D eigenvalue weighted by Crippen LogP contribution is 2.44. The maximum absolute atomic E-state index is 12.3. The second-order valence-corrected chi connectivity index (χ2v) is 8.01. The minimum Gasteiger partial charge on any atom is -0.480 e. The monoisotopic (exact) mass is 407 g/mol. The van der Waals surface area contributed by atoms with E-state index in [1.807, 2.05) is 53.9 Å². The van der Waals surface area contributed by atoms with Gasteiger partial charge in [0.05, 0.1) is 0 Å². The highest BCUT2D eigenvalue weighted by molar-refractivity contribution is 7.09. The Morgan fingerprint density at radius 2 is 1.66 bits per heavy atom. The van der Waals surface area contributed by atoms with Crippen LogP contribution in [0.2, 0.25) is 0 Å². The molecule has 0 radical (unpaired) electrons. The van der Waals surface area contributed by atoms with Crippen molar-refractivity contribution in [2.75, 3.05) is 6.61 Å². The van der Waals surface area contributed by atoms with Gasteiger partial charge in [0, 0.05) is 10.8 Å². The summed E-state index contributed by atoms with van der Waals surface area (Å²) in [5.41, 5.74) is 4.54. The van der Waals surface area contributed by atoms with Gasteiger partial charge in [0.25, 0.3) is 0 Å². The Hall–Kier alpha value is -3.12. The summed E-state index contributed by atoms with van der Waals surface area (Å²) >= 11 is 1.57. The van der Waals surface area contributed by atoms with Crippen molar-refractivity contribution < 1.29 is 19.4 Å². The van der Waals surface area contributed by atoms with Crippen molar-refractivity contribution in [1.82, 2.24) is 5.32 Å². The quantitative estimate of drug-likeness (QED) is 0.597. The van der Waals surface area contributed by atoms with E-state index < -0.39 is 18.1 Å². The van der Waals surface area contributed by atoms with Gasteiger partial charge in [-0.05, 0) is 46.5 Å². The zero-order valence-electron chi connectivity index (χ0n) is 15.7. The molecule has 0 aliphatic heterocycles. The number of hydrogen-bond donors (Lipinski definition) is 2. The number of amides is 1. The number of carbonyl (C=O) groups excluding carboxylic acids is 1. The van der Waals surface area contributed by atoms with Gasteiger partial charge >= 0.3 is 12.1 Å². The first kappa shape index (κ1) is 19.2. The van der Waals surface area contributed by atoms with E-state index >= 15 is 0 Å². The molecule has 4 rings (SSSR count). The fraction of sp³-hybridized carbons (Fsp3) is 0.217. The van der Waals surface area contributed by atoms with E-state index in [-0.39, 0.29) is 12.5 Å². The average Bonchev–Trinajstić information content (AvgIpc) is 3.35. The summed E-state index contributed by atoms with van der Waals surface area (Å²) in [6.45, 7) is 0.164. The molecule has 1 aliphatic rings. The van der Waals surface area contributed by atoms with Crippen LogP contribution in [0.3, 0.4) is 0 Å². The fourth-order valence-corrected chi connectivity index (χ4v) is 4.51. The van der Waals surface area contributed by atoms with Crippen molar-refractivity contribution >= 4 is 23.4 Å². The van der Waals surface area contributed by atoms with Crippen LogP contribution >= 0.6 is 11.3 Å². The summed E-state index contributed by atoms with van der Waals surface area (Å²) in [6.07, 6.45) is 0.212. The number of fused-ring (bicyclic) bond motifs is 3. The number of rotatable bonds is 7. The second kappa shape index (κ2) is 8.49. The van der Waals surface area contributed by atoms with Crippen LogP contribution in [-0.4, -0.2) is 29.8 Å². The normalized spacial score (nSPS) is 13.4. The Morgan fingerprint density at radius 1 is 1.00 bits per heavy atom. The van der Waals surface area contributed by atoms with Crippen LogP contribution in [0, 0.1) is 0 Å². The maximum atomic E-state index is 12.3. The zero-order valence-corrected chi connectivity index (χ0v) is 16.5. The molecule has 0 unspecified atom stereocenters. The number of ether oxygens (including phenoxy) is 1. The lowest BCUT2D eigenvalue weighted by molar-refractivity contribution is -0.139. The third-order valence-corrected chi connectivity index (χ3v) is 6.13. The summed E-state index contributed by atoms with van der Waals surface area (Å²) in [4.78, 5) is 24.9. The number of carboxylic acids is 1. The van der Waals surface area contributed by atoms with Crippen LogP contribution in [0.4, 0.5) is 4.79 Å². The number of carbonyl (C=O) groups is 2. The summed E-state index contributed by atoms with van der Waals surface area (Å²) in [5, 5.41) is 13.9. The van der Waals surface area contributed by atoms with Crippen LogP contribution in [0.1, 0.15) is 28.3 Å². The van der Waals surface area contributed by atoms with E-state index in [0.717, 1.165) is 27.1 Å². The molecule has 0 spiro atoms. The molecular weight excluding hydrogens is 386 g/mol. The molecule has 148 valence electrons. The first-order valence-electron chi connectivity index (χ1n) is 9.50. The van der Waals surface area contributed by atoms with Crippen LogP contribution in [0.25, 0.3) is 11.1 Å². The third kappa shape index (κ3) is 4.17. The number of nitrogens with one attached hydrogen (secondary N) is 1. The van der Waals surface area contributed by atoms with Crippen molar-refractivity contribution in [3.05, 3.63) is 82.0 Å². The summed E-state index contributed by atoms with van der Waals surface area (Å²) in [5.74, 6) is -1.11. The van der Waals surface area contributed by atoms with Crippen LogP contribution in [-0.2, 0) is 16.0 Å². The predicted molar refractivity (Wildman–Crippen MR) is 112 cm³/mol. The Bertz CT molecular complexity index is 970. The second-order valence-electron chi connectivity index (χ2n) is 6.98. The Morgan fingerprint density at radius 3 is 2.24 bits per heavy atom. The van der Waals surface area contributed by atoms with Crippen LogP contribution in [0.15, 0.2) is 66.0 Å². The van der Waals surface area contributed by atoms with Gasteiger partial charge in [-0.1, -0.05) is 54.6 Å². The lowest BCUT2D eigenvalue weighted by Crippen LogP contribution is -2.41. The molecule has 1 aliphatic carbocycles. The van der Waals surface area contributed by atoms with Crippen molar-refractivity contribution in [3.63, 3.8) is 0 Å². The molecule has 0 bridgehead atoms. The number of carboxylic acid groups (broad SMARTS) is 1. The van der Waals surface area contributed by atoms with Gasteiger partial charge in [0.2, 0.25) is 0 Å². The molecule has 1 atom stereocenters. The minimum atomic E-state index is -1.06. The smallest absolute Gasteiger partial charge is 0.407 e. The van der Waals surface area contributed by atoms with Gasteiger partial charge < -0.3 is 15.2 Å². The van der Waals surface area contributed by atoms with Crippen LogP contribution < -0.4 is 5.32 Å². The van der Waals surface area contributed by atoms with Gasteiger partial charge in [-0.15, -0.1) is 11.3 Å². The summed E-state index contributed by atoms with van der Waals surface area (Å²) in [6, 6.07) is 19.1. The number of aliphatic carboxylic acids is 1. The highest BCUT2D eigenvalue weighted by Gasteiger charge is 2.29. The molecule has 1 aromatic heterocycles. The van der Waals surface area contributed by atoms with Crippen LogP contribution in [0.5, 0.6) is 0 Å². The van der Waals surface area contributed by atoms with E-state index in [0.29, 0.717) is 12.8 Å². The first-order chi connectivity index (χ1) is 14.1. The average molecular weight is 407 g/mol. The molecule has 0 saturated heterocycles. The van der Waals surface area contributed by atoms with E-state index in [4.69, 9.17) is 4.74 Å². The van der Waals surface area contributed by atoms with E-state index in [1.165, 1.54) is 0 Å². The molecule has 3 aromatic rings. The van der Waals surface area contributed by atoms with E-state index in [2.05, 4.69) is 17.4 Å². The number of hydrogen-bond acceptors (Lipinski definition) is 4. The van der Waals surface area contributed by atoms with E-state index in [9.17, 15) is 14.7 Å². The number of alkyl carbamates (subject to hydrolysis) is 1. The Kier molecular flexibility index (Phi) is 5.62. The number of thiophene rings is 1. The predicted octanol–water partition coefficient (Wildman–Crippen LogP) is 4.67. The SMILES string of the molecule is O=C(N[C@H](CCc1cccs1)C(=O)O)OCC1c2ccccc2-c2ccccc21. The maximum Gasteiger partial charge on any atom is 0.407 e. The standard InChI is InChI=1S/C23H21NO4S/c25-22(26)21(12-11-15-6-5-13-29-15)24-23(27)28-14-20-18-9-3-1-7-16(18)17-8-2-4-10-19(17)20/h1-10,13,20-21H,11-12,14H2,(H,24,27)(H,25,26)/t21-/m1/s1. The Balaban J connectivity index is 1.39. The lowest BCUT2D eigenvalue weighted by atomic mass is 9.98. The van der Waals surface area contributed by atoms with Crippen molar-refractivity contribution in [2.45, 2.75) is 24.8 Å². The molecule has 0 saturated carbocycles. The molecule has 1 heterocycles. The summed E-state index contributed by atoms with van der Waals surface area (Å²) in [7, 11) is 0. The van der Waals surface area contributed by atoms with Crippen molar-refractivity contribution in [1.29, 1.82) is 0 Å². The van der Waals surface area contributed by atoms with Gasteiger partial charge in [-0.25, -0.2) is 9.59 Å². The van der Waals surface area contributed by atoms with Gasteiger partial charge in [-0.2, -0.15) is 0 Å². The molecule has 1 amide bonds. The largest absolute Gasteiger partial charge is 0.480 e. The molecule has 29 heavy (non-hydrogen) atoms. The molecule has 2 N–H and O–H groups in total. The van der Waals surface area contributed by atoms with Gasteiger partial charge in [-0.3, -0.25) is 0 Å². The molecular formula is C23H21NO4S. The van der Waals surface area contributed by atoms with Gasteiger partial charge in [0.15, 0.2) is 0 Å². The lowest BCUT2D eigenvalue weighted by Gasteiger charge is -2.17. The third-order valence-electron chi connectivity index (χ3n) is 5.19. The topological polar surface area (TPSA) is 75.6 Å². The molecule has 6 heteroatoms. The minimum absolute atomic E-state index is 0.0532. The number of benzene rings is 2. The molecule has 0 fully saturated rings. The summed E-state index contributed by atoms with van der Waals surface area (Å²) < 4.78 is 5.45. The van der Waals surface area contributed by atoms with Gasteiger partial charge in [0.1, 0.15) is 12.6 Å². The zero-order chi connectivity index (χ0) is 20.2.